The summed E-state index contributed by atoms with van der Waals surface area (Å²) in [6, 6.07) is 0. The summed E-state index contributed by atoms with van der Waals surface area (Å²) in [5.74, 6) is -1.55. The molecular weight excluding hydrogens is 260 g/mol. The molecule has 0 spiro atoms. The molecule has 0 aromatic heterocycles. The Hall–Kier alpha value is -1.01. The number of carbonyl (C=O) groups is 1. The van der Waals surface area contributed by atoms with Crippen LogP contribution in [0.1, 0.15) is 33.1 Å². The number of aliphatic hydroxyl groups is 2. The fourth-order valence-electron chi connectivity index (χ4n) is 2.89. The van der Waals surface area contributed by atoms with Crippen molar-refractivity contribution >= 4 is 5.78 Å². The van der Waals surface area contributed by atoms with Gasteiger partial charge in [0.05, 0.1) is 18.1 Å². The summed E-state index contributed by atoms with van der Waals surface area (Å²) in [7, 11) is 1.40. The molecule has 112 valence electrons. The lowest BCUT2D eigenvalue weighted by Crippen LogP contribution is -2.55. The number of rotatable bonds is 4. The lowest BCUT2D eigenvalue weighted by molar-refractivity contribution is -0.278. The first-order valence-corrected chi connectivity index (χ1v) is 6.71. The van der Waals surface area contributed by atoms with Gasteiger partial charge in [0.15, 0.2) is 5.78 Å². The van der Waals surface area contributed by atoms with Crippen molar-refractivity contribution in [3.63, 3.8) is 0 Å². The molecule has 1 aliphatic carbocycles. The average Bonchev–Trinajstić information content (AvgIpc) is 2.63. The molecule has 0 bridgehead atoms. The van der Waals surface area contributed by atoms with E-state index in [-0.39, 0.29) is 18.6 Å². The zero-order valence-corrected chi connectivity index (χ0v) is 12.2. The Labute approximate surface area is 118 Å². The van der Waals surface area contributed by atoms with Gasteiger partial charge in [-0.15, -0.1) is 6.58 Å². The topological polar surface area (TPSA) is 76.0 Å². The van der Waals surface area contributed by atoms with Crippen molar-refractivity contribution in [2.45, 2.75) is 56.2 Å². The lowest BCUT2D eigenvalue weighted by Gasteiger charge is -2.40. The molecule has 0 unspecified atom stereocenters. The Balaban J connectivity index is 2.43. The van der Waals surface area contributed by atoms with Gasteiger partial charge in [-0.3, -0.25) is 4.79 Å². The number of methoxy groups -OCH3 is 1. The number of hydrogen-bond donors (Lipinski definition) is 2. The van der Waals surface area contributed by atoms with E-state index in [0.717, 1.165) is 0 Å². The second-order valence-corrected chi connectivity index (χ2v) is 6.11. The summed E-state index contributed by atoms with van der Waals surface area (Å²) in [6.45, 7) is 6.83. The van der Waals surface area contributed by atoms with Crippen LogP contribution >= 0.6 is 0 Å². The van der Waals surface area contributed by atoms with Crippen molar-refractivity contribution in [1.82, 2.24) is 0 Å². The molecule has 5 nitrogen and oxygen atoms in total. The molecule has 0 radical (unpaired) electrons. The summed E-state index contributed by atoms with van der Waals surface area (Å²) < 4.78 is 11.1. The highest BCUT2D eigenvalue weighted by molar-refractivity contribution is 5.97. The molecule has 1 fully saturated rings. The number of hydrogen-bond acceptors (Lipinski definition) is 5. The smallest absolute Gasteiger partial charge is 0.208 e. The van der Waals surface area contributed by atoms with E-state index >= 15 is 0 Å². The highest BCUT2D eigenvalue weighted by Crippen LogP contribution is 2.49. The number of carbonyl (C=O) groups excluding carboxylic acids is 1. The van der Waals surface area contributed by atoms with Crippen molar-refractivity contribution in [2.75, 3.05) is 7.11 Å². The third kappa shape index (κ3) is 2.24. The predicted octanol–water partition coefficient (Wildman–Crippen LogP) is 1.10. The van der Waals surface area contributed by atoms with E-state index < -0.39 is 23.1 Å². The van der Waals surface area contributed by atoms with Gasteiger partial charge in [0, 0.05) is 13.5 Å². The first-order valence-electron chi connectivity index (χ1n) is 6.71. The molecule has 1 aliphatic heterocycles. The van der Waals surface area contributed by atoms with Crippen LogP contribution in [0.15, 0.2) is 24.3 Å². The first-order chi connectivity index (χ1) is 9.17. The molecule has 1 heterocycles. The van der Waals surface area contributed by atoms with Crippen molar-refractivity contribution in [1.29, 1.82) is 0 Å². The molecule has 5 heteroatoms. The van der Waals surface area contributed by atoms with Gasteiger partial charge in [0.2, 0.25) is 5.79 Å². The second kappa shape index (κ2) is 4.77. The van der Waals surface area contributed by atoms with Crippen LogP contribution in [0.2, 0.25) is 0 Å². The summed E-state index contributed by atoms with van der Waals surface area (Å²) in [5, 5.41) is 21.0. The zero-order valence-electron chi connectivity index (χ0n) is 12.2. The van der Waals surface area contributed by atoms with E-state index in [2.05, 4.69) is 6.58 Å². The Kier molecular flexibility index (Phi) is 3.67. The van der Waals surface area contributed by atoms with Crippen LogP contribution < -0.4 is 0 Å². The Bertz CT molecular complexity index is 461. The molecular formula is C15H22O5. The zero-order chi connectivity index (χ0) is 15.2. The average molecular weight is 282 g/mol. The van der Waals surface area contributed by atoms with Gasteiger partial charge >= 0.3 is 0 Å². The van der Waals surface area contributed by atoms with Gasteiger partial charge in [0.1, 0.15) is 5.60 Å². The maximum absolute atomic E-state index is 12.1. The number of Topliss-reactive ketones (excluding diaryl/α,β-unsaturated/α-hetero) is 1. The van der Waals surface area contributed by atoms with Gasteiger partial charge in [-0.1, -0.05) is 6.08 Å². The minimum Gasteiger partial charge on any atom is -0.388 e. The third-order valence-corrected chi connectivity index (χ3v) is 4.14. The molecule has 0 aromatic carbocycles. The van der Waals surface area contributed by atoms with Crippen LogP contribution in [-0.4, -0.2) is 46.2 Å². The van der Waals surface area contributed by atoms with Crippen molar-refractivity contribution in [2.24, 2.45) is 0 Å². The van der Waals surface area contributed by atoms with Gasteiger partial charge in [-0.25, -0.2) is 0 Å². The molecule has 0 amide bonds. The highest BCUT2D eigenvalue weighted by Gasteiger charge is 2.63. The van der Waals surface area contributed by atoms with E-state index in [1.807, 2.05) is 0 Å². The van der Waals surface area contributed by atoms with E-state index in [0.29, 0.717) is 12.0 Å². The van der Waals surface area contributed by atoms with Crippen LogP contribution in [0.4, 0.5) is 0 Å². The molecule has 3 atom stereocenters. The van der Waals surface area contributed by atoms with Gasteiger partial charge in [-0.05, 0) is 31.9 Å². The van der Waals surface area contributed by atoms with Crippen LogP contribution in [0.3, 0.4) is 0 Å². The number of fused-ring (bicyclic) bond motifs is 1. The molecule has 0 aromatic rings. The summed E-state index contributed by atoms with van der Waals surface area (Å²) >= 11 is 0. The van der Waals surface area contributed by atoms with E-state index in [1.165, 1.54) is 13.2 Å². The Morgan fingerprint density at radius 2 is 2.30 bits per heavy atom. The van der Waals surface area contributed by atoms with Crippen LogP contribution in [0.25, 0.3) is 0 Å². The van der Waals surface area contributed by atoms with Crippen molar-refractivity contribution in [3.05, 3.63) is 24.3 Å². The summed E-state index contributed by atoms with van der Waals surface area (Å²) in [5.41, 5.74) is -2.04. The lowest BCUT2D eigenvalue weighted by atomic mass is 9.77. The summed E-state index contributed by atoms with van der Waals surface area (Å²) in [4.78, 5) is 12.1. The first kappa shape index (κ1) is 15.4. The number of ether oxygens (including phenoxy) is 2. The second-order valence-electron chi connectivity index (χ2n) is 6.11. The Morgan fingerprint density at radius 3 is 2.80 bits per heavy atom. The molecule has 2 rings (SSSR count). The molecule has 2 aliphatic rings. The van der Waals surface area contributed by atoms with Crippen LogP contribution in [-0.2, 0) is 14.3 Å². The predicted molar refractivity (Wildman–Crippen MR) is 73.0 cm³/mol. The number of ketones is 1. The minimum absolute atomic E-state index is 0.0632. The quantitative estimate of drug-likeness (QED) is 0.755. The normalized spacial score (nSPS) is 37.5. The Morgan fingerprint density at radius 1 is 1.65 bits per heavy atom. The van der Waals surface area contributed by atoms with Crippen molar-refractivity contribution in [3.8, 4) is 0 Å². The van der Waals surface area contributed by atoms with Gasteiger partial charge in [0.25, 0.3) is 0 Å². The van der Waals surface area contributed by atoms with Crippen molar-refractivity contribution < 1.29 is 24.5 Å². The summed E-state index contributed by atoms with van der Waals surface area (Å²) in [6.07, 6.45) is 3.03. The fourth-order valence-corrected chi connectivity index (χ4v) is 2.89. The van der Waals surface area contributed by atoms with Crippen LogP contribution in [0, 0.1) is 0 Å². The molecule has 0 saturated carbocycles. The molecule has 1 saturated heterocycles. The third-order valence-electron chi connectivity index (χ3n) is 4.14. The molecule has 2 N–H and O–H groups in total. The fraction of sp³-hybridized carbons (Fsp3) is 0.667. The highest BCUT2D eigenvalue weighted by atomic mass is 16.7. The number of allylic oxidation sites excluding steroid dienone is 2. The van der Waals surface area contributed by atoms with Gasteiger partial charge in [-0.2, -0.15) is 0 Å². The SMILES string of the molecule is C=CCC1=C[C@@]2(O)C[C@@H](C(C)(C)O)O[C@@]2(OC)CC1=O. The monoisotopic (exact) mass is 282 g/mol. The minimum atomic E-state index is -1.42. The largest absolute Gasteiger partial charge is 0.388 e. The van der Waals surface area contributed by atoms with E-state index in [1.54, 1.807) is 19.9 Å². The molecule has 20 heavy (non-hydrogen) atoms. The standard InChI is InChI=1S/C15H22O5/c1-5-6-10-7-14(18)9-12(13(2,3)17)20-15(14,19-4)8-11(10)16/h5,7,12,17-18H,1,6,8-9H2,2-4H3/t12-,14+,15-/m0/s1. The maximum Gasteiger partial charge on any atom is 0.208 e. The van der Waals surface area contributed by atoms with Gasteiger partial charge < -0.3 is 19.7 Å². The van der Waals surface area contributed by atoms with Crippen LogP contribution in [0.5, 0.6) is 0 Å². The van der Waals surface area contributed by atoms with E-state index in [4.69, 9.17) is 9.47 Å². The van der Waals surface area contributed by atoms with E-state index in [9.17, 15) is 15.0 Å². The maximum atomic E-state index is 12.1.